The Balaban J connectivity index is -0.000000294. The summed E-state index contributed by atoms with van der Waals surface area (Å²) >= 11 is 0. The van der Waals surface area contributed by atoms with E-state index in [2.05, 4.69) is 25.2 Å². The summed E-state index contributed by atoms with van der Waals surface area (Å²) in [7, 11) is 0. The standard InChI is InChI=1S/C9H16O2.C6H12.C5H10O2/c1-3-4-5-6-7-8-11-9(2)10;1-3-5-6-4-2;1-3-4-7-5(2)6/h6-7H,3-5,8H2,1-2H3;3H,1,4-6H2,2H3;3-4H2,1-2H3/b7-6-;;. The Kier molecular flexibility index (Phi) is 29.9. The van der Waals surface area contributed by atoms with E-state index in [1.54, 1.807) is 0 Å². The summed E-state index contributed by atoms with van der Waals surface area (Å²) in [6.45, 7) is 13.7. The molecule has 0 atom stereocenters. The van der Waals surface area contributed by atoms with E-state index in [0.717, 1.165) is 12.8 Å². The monoisotopic (exact) mass is 342 g/mol. The third kappa shape index (κ3) is 42.8. The zero-order valence-corrected chi connectivity index (χ0v) is 16.4. The van der Waals surface area contributed by atoms with Crippen molar-refractivity contribution in [1.82, 2.24) is 0 Å². The summed E-state index contributed by atoms with van der Waals surface area (Å²) in [6, 6.07) is 0. The highest BCUT2D eigenvalue weighted by Crippen LogP contribution is 1.94. The molecule has 4 nitrogen and oxygen atoms in total. The number of allylic oxidation sites excluding steroid dienone is 2. The molecule has 0 aromatic heterocycles. The maximum Gasteiger partial charge on any atom is 0.302 e. The number of carbonyl (C=O) groups excluding carboxylic acids is 2. The molecule has 0 bridgehead atoms. The van der Waals surface area contributed by atoms with Crippen molar-refractivity contribution in [3.63, 3.8) is 0 Å². The lowest BCUT2D eigenvalue weighted by molar-refractivity contribution is -0.141. The number of ether oxygens (including phenoxy) is 2. The van der Waals surface area contributed by atoms with Crippen LogP contribution in [0.5, 0.6) is 0 Å². The van der Waals surface area contributed by atoms with E-state index >= 15 is 0 Å². The maximum absolute atomic E-state index is 10.3. The van der Waals surface area contributed by atoms with Crippen molar-refractivity contribution in [3.8, 4) is 0 Å². The largest absolute Gasteiger partial charge is 0.466 e. The van der Waals surface area contributed by atoms with Crippen molar-refractivity contribution in [1.29, 1.82) is 0 Å². The highest BCUT2D eigenvalue weighted by atomic mass is 16.5. The van der Waals surface area contributed by atoms with Gasteiger partial charge in [-0.1, -0.05) is 64.7 Å². The van der Waals surface area contributed by atoms with Crippen LogP contribution >= 0.6 is 0 Å². The third-order valence-electron chi connectivity index (χ3n) is 2.55. The first-order chi connectivity index (χ1) is 11.5. The molecular formula is C20H38O4. The van der Waals surface area contributed by atoms with Gasteiger partial charge in [-0.15, -0.1) is 6.58 Å². The van der Waals surface area contributed by atoms with Gasteiger partial charge in [0.15, 0.2) is 0 Å². The summed E-state index contributed by atoms with van der Waals surface area (Å²) in [5, 5.41) is 0. The molecule has 0 saturated heterocycles. The molecule has 0 heterocycles. The summed E-state index contributed by atoms with van der Waals surface area (Å²) in [4.78, 5) is 20.3. The van der Waals surface area contributed by atoms with Crippen LogP contribution in [-0.2, 0) is 19.1 Å². The van der Waals surface area contributed by atoms with Crippen molar-refractivity contribution in [2.24, 2.45) is 0 Å². The second-order valence-electron chi connectivity index (χ2n) is 5.19. The summed E-state index contributed by atoms with van der Waals surface area (Å²) in [5.74, 6) is -0.410. The Morgan fingerprint density at radius 1 is 0.833 bits per heavy atom. The lowest BCUT2D eigenvalue weighted by Crippen LogP contribution is -1.98. The van der Waals surface area contributed by atoms with E-state index in [-0.39, 0.29) is 11.9 Å². The quantitative estimate of drug-likeness (QED) is 0.294. The summed E-state index contributed by atoms with van der Waals surface area (Å²) in [5.41, 5.74) is 0. The van der Waals surface area contributed by atoms with Crippen molar-refractivity contribution in [2.75, 3.05) is 13.2 Å². The number of carbonyl (C=O) groups is 2. The van der Waals surface area contributed by atoms with Gasteiger partial charge >= 0.3 is 11.9 Å². The Labute approximate surface area is 149 Å². The van der Waals surface area contributed by atoms with Crippen LogP contribution in [0.15, 0.2) is 24.8 Å². The smallest absolute Gasteiger partial charge is 0.302 e. The molecule has 0 N–H and O–H groups in total. The number of esters is 2. The molecule has 0 unspecified atom stereocenters. The topological polar surface area (TPSA) is 52.6 Å². The third-order valence-corrected chi connectivity index (χ3v) is 2.55. The molecular weight excluding hydrogens is 304 g/mol. The lowest BCUT2D eigenvalue weighted by atomic mass is 10.2. The lowest BCUT2D eigenvalue weighted by Gasteiger charge is -1.94. The van der Waals surface area contributed by atoms with Crippen molar-refractivity contribution >= 4 is 11.9 Å². The van der Waals surface area contributed by atoms with Crippen LogP contribution in [0, 0.1) is 0 Å². The van der Waals surface area contributed by atoms with Gasteiger partial charge in [0.05, 0.1) is 6.61 Å². The minimum absolute atomic E-state index is 0.193. The van der Waals surface area contributed by atoms with Crippen LogP contribution < -0.4 is 0 Å². The number of hydrogen-bond donors (Lipinski definition) is 0. The fraction of sp³-hybridized carbons (Fsp3) is 0.700. The van der Waals surface area contributed by atoms with Crippen LogP contribution in [0.25, 0.3) is 0 Å². The van der Waals surface area contributed by atoms with E-state index in [9.17, 15) is 9.59 Å². The second kappa shape index (κ2) is 26.3. The molecule has 142 valence electrons. The minimum atomic E-state index is -0.217. The first-order valence-electron chi connectivity index (χ1n) is 8.98. The molecule has 0 aliphatic rings. The van der Waals surface area contributed by atoms with Gasteiger partial charge in [0.2, 0.25) is 0 Å². The molecule has 0 aliphatic heterocycles. The van der Waals surface area contributed by atoms with E-state index in [1.807, 2.05) is 25.2 Å². The minimum Gasteiger partial charge on any atom is -0.466 e. The second-order valence-corrected chi connectivity index (χ2v) is 5.19. The fourth-order valence-electron chi connectivity index (χ4n) is 1.27. The molecule has 0 rings (SSSR count). The van der Waals surface area contributed by atoms with Gasteiger partial charge in [-0.25, -0.2) is 0 Å². The molecule has 0 aromatic carbocycles. The highest BCUT2D eigenvalue weighted by Gasteiger charge is 1.86. The predicted octanol–water partition coefficient (Wildman–Crippen LogP) is 5.62. The summed E-state index contributed by atoms with van der Waals surface area (Å²) in [6.07, 6.45) is 14.0. The SMILES string of the molecule is C=CCCCC.CCCC/C=C\COC(C)=O.CCCOC(C)=O. The molecule has 0 aromatic rings. The van der Waals surface area contributed by atoms with Gasteiger partial charge in [0, 0.05) is 13.8 Å². The molecule has 0 spiro atoms. The molecule has 24 heavy (non-hydrogen) atoms. The van der Waals surface area contributed by atoms with E-state index < -0.39 is 0 Å². The maximum atomic E-state index is 10.3. The fourth-order valence-corrected chi connectivity index (χ4v) is 1.27. The average Bonchev–Trinajstić information content (AvgIpc) is 2.55. The van der Waals surface area contributed by atoms with Gasteiger partial charge in [0.1, 0.15) is 6.61 Å². The molecule has 0 saturated carbocycles. The Morgan fingerprint density at radius 2 is 1.38 bits per heavy atom. The van der Waals surface area contributed by atoms with E-state index in [1.165, 1.54) is 46.0 Å². The highest BCUT2D eigenvalue weighted by molar-refractivity contribution is 5.66. The van der Waals surface area contributed by atoms with Crippen molar-refractivity contribution in [2.45, 2.75) is 79.6 Å². The molecule has 0 aliphatic carbocycles. The van der Waals surface area contributed by atoms with Crippen LogP contribution in [0.3, 0.4) is 0 Å². The Bertz CT molecular complexity index is 309. The van der Waals surface area contributed by atoms with Gasteiger partial charge in [0.25, 0.3) is 0 Å². The number of unbranched alkanes of at least 4 members (excludes halogenated alkanes) is 4. The molecule has 4 heteroatoms. The van der Waals surface area contributed by atoms with Crippen LogP contribution in [0.2, 0.25) is 0 Å². The Hall–Kier alpha value is -1.58. The predicted molar refractivity (Wildman–Crippen MR) is 102 cm³/mol. The first-order valence-corrected chi connectivity index (χ1v) is 8.98. The zero-order chi connectivity index (χ0) is 19.1. The van der Waals surface area contributed by atoms with Crippen LogP contribution in [0.1, 0.15) is 79.6 Å². The molecule has 0 fully saturated rings. The van der Waals surface area contributed by atoms with Crippen molar-refractivity contribution in [3.05, 3.63) is 24.8 Å². The number of rotatable bonds is 10. The first kappa shape index (κ1) is 27.3. The van der Waals surface area contributed by atoms with Gasteiger partial charge < -0.3 is 9.47 Å². The van der Waals surface area contributed by atoms with E-state index in [4.69, 9.17) is 4.74 Å². The van der Waals surface area contributed by atoms with Gasteiger partial charge in [-0.2, -0.15) is 0 Å². The summed E-state index contributed by atoms with van der Waals surface area (Å²) < 4.78 is 9.25. The normalized spacial score (nSPS) is 9.21. The molecule has 0 amide bonds. The van der Waals surface area contributed by atoms with E-state index in [0.29, 0.717) is 13.2 Å². The van der Waals surface area contributed by atoms with Crippen LogP contribution in [-0.4, -0.2) is 25.2 Å². The van der Waals surface area contributed by atoms with Gasteiger partial charge in [-0.05, 0) is 19.3 Å². The van der Waals surface area contributed by atoms with Crippen LogP contribution in [0.4, 0.5) is 0 Å². The zero-order valence-electron chi connectivity index (χ0n) is 16.4. The molecule has 0 radical (unpaired) electrons. The number of hydrogen-bond acceptors (Lipinski definition) is 4. The average molecular weight is 343 g/mol. The van der Waals surface area contributed by atoms with Gasteiger partial charge in [-0.3, -0.25) is 9.59 Å². The van der Waals surface area contributed by atoms with Crippen molar-refractivity contribution < 1.29 is 19.1 Å². The Morgan fingerprint density at radius 3 is 1.71 bits per heavy atom.